The molecule has 1 aliphatic rings. The van der Waals surface area contributed by atoms with Crippen molar-refractivity contribution in [2.45, 2.75) is 52.6 Å². The molecule has 3 heteroatoms. The Balaban J connectivity index is 2.29. The molecule has 19 heavy (non-hydrogen) atoms. The highest BCUT2D eigenvalue weighted by atomic mass is 15.2. The van der Waals surface area contributed by atoms with E-state index in [0.717, 1.165) is 24.7 Å². The number of pyridine rings is 1. The normalized spacial score (nSPS) is 29.3. The van der Waals surface area contributed by atoms with Gasteiger partial charge < -0.3 is 10.6 Å². The molecule has 3 nitrogen and oxygen atoms in total. The first-order chi connectivity index (χ1) is 8.99. The first kappa shape index (κ1) is 14.3. The summed E-state index contributed by atoms with van der Waals surface area (Å²) in [7, 11) is 0. The number of piperidine rings is 1. The molecule has 1 saturated heterocycles. The van der Waals surface area contributed by atoms with Gasteiger partial charge in [0.15, 0.2) is 0 Å². The zero-order valence-corrected chi connectivity index (χ0v) is 12.6. The number of nitrogens with two attached hydrogens (primary N) is 1. The maximum atomic E-state index is 5.97. The van der Waals surface area contributed by atoms with Crippen LogP contribution in [-0.4, -0.2) is 23.6 Å². The van der Waals surface area contributed by atoms with E-state index in [4.69, 9.17) is 5.73 Å². The van der Waals surface area contributed by atoms with Crippen LogP contribution in [0.25, 0.3) is 0 Å². The Morgan fingerprint density at radius 1 is 1.42 bits per heavy atom. The highest BCUT2D eigenvalue weighted by Gasteiger charge is 2.30. The molecule has 0 aliphatic carbocycles. The van der Waals surface area contributed by atoms with E-state index in [9.17, 15) is 0 Å². The molecule has 106 valence electrons. The van der Waals surface area contributed by atoms with Gasteiger partial charge in [0.25, 0.3) is 0 Å². The lowest BCUT2D eigenvalue weighted by Gasteiger charge is -2.42. The summed E-state index contributed by atoms with van der Waals surface area (Å²) in [5.74, 6) is 2.59. The van der Waals surface area contributed by atoms with Crippen LogP contribution in [0.2, 0.25) is 0 Å². The van der Waals surface area contributed by atoms with Gasteiger partial charge in [-0.1, -0.05) is 19.9 Å². The molecule has 0 saturated carbocycles. The predicted octanol–water partition coefficient (Wildman–Crippen LogP) is 2.84. The Morgan fingerprint density at radius 3 is 2.84 bits per heavy atom. The molecule has 1 aromatic rings. The van der Waals surface area contributed by atoms with Gasteiger partial charge in [-0.05, 0) is 50.2 Å². The molecule has 4 unspecified atom stereocenters. The van der Waals surface area contributed by atoms with Gasteiger partial charge in [0.05, 0.1) is 0 Å². The number of hydrogen-bond acceptors (Lipinski definition) is 3. The van der Waals surface area contributed by atoms with Crippen LogP contribution in [0.4, 0.5) is 5.82 Å². The summed E-state index contributed by atoms with van der Waals surface area (Å²) >= 11 is 0. The Bertz CT molecular complexity index is 416. The lowest BCUT2D eigenvalue weighted by molar-refractivity contribution is 0.295. The molecular weight excluding hydrogens is 234 g/mol. The second-order valence-electron chi connectivity index (χ2n) is 6.38. The zero-order chi connectivity index (χ0) is 14.0. The van der Waals surface area contributed by atoms with Crippen molar-refractivity contribution in [3.05, 3.63) is 23.9 Å². The van der Waals surface area contributed by atoms with E-state index in [1.54, 1.807) is 0 Å². The minimum Gasteiger partial charge on any atom is -0.353 e. The van der Waals surface area contributed by atoms with Gasteiger partial charge in [0, 0.05) is 24.8 Å². The van der Waals surface area contributed by atoms with E-state index in [1.165, 1.54) is 12.0 Å². The van der Waals surface area contributed by atoms with Gasteiger partial charge in [-0.2, -0.15) is 0 Å². The van der Waals surface area contributed by atoms with Gasteiger partial charge >= 0.3 is 0 Å². The highest BCUT2D eigenvalue weighted by Crippen LogP contribution is 2.32. The average Bonchev–Trinajstić information content (AvgIpc) is 2.34. The largest absolute Gasteiger partial charge is 0.353 e. The monoisotopic (exact) mass is 261 g/mol. The first-order valence-electron chi connectivity index (χ1n) is 7.45. The molecule has 1 fully saturated rings. The van der Waals surface area contributed by atoms with Crippen LogP contribution < -0.4 is 10.6 Å². The van der Waals surface area contributed by atoms with Gasteiger partial charge in [-0.25, -0.2) is 4.98 Å². The number of rotatable bonds is 3. The molecule has 2 rings (SSSR count). The molecule has 4 atom stereocenters. The third kappa shape index (κ3) is 3.27. The van der Waals surface area contributed by atoms with Gasteiger partial charge in [-0.3, -0.25) is 0 Å². The summed E-state index contributed by atoms with van der Waals surface area (Å²) in [6.07, 6.45) is 4.11. The molecule has 2 heterocycles. The van der Waals surface area contributed by atoms with E-state index >= 15 is 0 Å². The summed E-state index contributed by atoms with van der Waals surface area (Å²) in [6, 6.07) is 4.92. The lowest BCUT2D eigenvalue weighted by atomic mass is 9.85. The number of aromatic nitrogens is 1. The van der Waals surface area contributed by atoms with Crippen LogP contribution >= 0.6 is 0 Å². The minimum atomic E-state index is 0.179. The number of hydrogen-bond donors (Lipinski definition) is 1. The topological polar surface area (TPSA) is 42.1 Å². The zero-order valence-electron chi connectivity index (χ0n) is 12.6. The summed E-state index contributed by atoms with van der Waals surface area (Å²) in [5.41, 5.74) is 7.25. The van der Waals surface area contributed by atoms with E-state index in [0.29, 0.717) is 12.0 Å². The fraction of sp³-hybridized carbons (Fsp3) is 0.688. The van der Waals surface area contributed by atoms with E-state index in [-0.39, 0.29) is 6.04 Å². The third-order valence-corrected chi connectivity index (χ3v) is 4.28. The first-order valence-corrected chi connectivity index (χ1v) is 7.45. The Kier molecular flexibility index (Phi) is 4.46. The van der Waals surface area contributed by atoms with Gasteiger partial charge in [0.2, 0.25) is 0 Å². The van der Waals surface area contributed by atoms with Crippen molar-refractivity contribution in [1.82, 2.24) is 4.98 Å². The maximum absolute atomic E-state index is 5.97. The Morgan fingerprint density at radius 2 is 2.16 bits per heavy atom. The van der Waals surface area contributed by atoms with Crippen molar-refractivity contribution < 1.29 is 0 Å². The molecular formula is C16H27N3. The summed E-state index contributed by atoms with van der Waals surface area (Å²) in [6.45, 7) is 10.2. The predicted molar refractivity (Wildman–Crippen MR) is 81.3 cm³/mol. The Hall–Kier alpha value is -1.09. The van der Waals surface area contributed by atoms with Crippen LogP contribution in [0.15, 0.2) is 18.3 Å². The second kappa shape index (κ2) is 5.91. The van der Waals surface area contributed by atoms with Crippen LogP contribution in [-0.2, 0) is 6.42 Å². The standard InChI is InChI=1S/C16H27N3/c1-11-8-12(2)14(4)19(10-11)16-15(9-13(3)17)6-5-7-18-16/h5-7,11-14H,8-10,17H2,1-4H3. The van der Waals surface area contributed by atoms with E-state index in [2.05, 4.69) is 43.6 Å². The minimum absolute atomic E-state index is 0.179. The van der Waals surface area contributed by atoms with Crippen molar-refractivity contribution in [3.8, 4) is 0 Å². The fourth-order valence-electron chi connectivity index (χ4n) is 3.19. The van der Waals surface area contributed by atoms with Crippen LogP contribution in [0.3, 0.4) is 0 Å². The van der Waals surface area contributed by atoms with E-state index < -0.39 is 0 Å². The molecule has 0 amide bonds. The molecule has 1 aromatic heterocycles. The number of anilines is 1. The molecule has 0 spiro atoms. The van der Waals surface area contributed by atoms with Gasteiger partial charge in [-0.15, -0.1) is 0 Å². The average molecular weight is 261 g/mol. The molecule has 2 N–H and O–H groups in total. The summed E-state index contributed by atoms with van der Waals surface area (Å²) in [5, 5.41) is 0. The van der Waals surface area contributed by atoms with Gasteiger partial charge in [0.1, 0.15) is 5.82 Å². The van der Waals surface area contributed by atoms with Crippen LogP contribution in [0.5, 0.6) is 0 Å². The Labute approximate surface area is 117 Å². The fourth-order valence-corrected chi connectivity index (χ4v) is 3.19. The highest BCUT2D eigenvalue weighted by molar-refractivity contribution is 5.48. The van der Waals surface area contributed by atoms with Crippen LogP contribution in [0.1, 0.15) is 39.7 Å². The molecule has 0 aromatic carbocycles. The van der Waals surface area contributed by atoms with Crippen LogP contribution in [0, 0.1) is 11.8 Å². The van der Waals surface area contributed by atoms with Crippen molar-refractivity contribution in [1.29, 1.82) is 0 Å². The molecule has 0 radical (unpaired) electrons. The smallest absolute Gasteiger partial charge is 0.132 e. The maximum Gasteiger partial charge on any atom is 0.132 e. The molecule has 1 aliphatic heterocycles. The summed E-state index contributed by atoms with van der Waals surface area (Å²) < 4.78 is 0. The molecule has 0 bridgehead atoms. The third-order valence-electron chi connectivity index (χ3n) is 4.28. The SMILES string of the molecule is CC(N)Cc1cccnc1N1CC(C)CC(C)C1C. The quantitative estimate of drug-likeness (QED) is 0.909. The second-order valence-corrected chi connectivity index (χ2v) is 6.38. The van der Waals surface area contributed by atoms with Crippen molar-refractivity contribution in [2.75, 3.05) is 11.4 Å². The van der Waals surface area contributed by atoms with E-state index in [1.807, 2.05) is 12.3 Å². The van der Waals surface area contributed by atoms with Crippen molar-refractivity contribution in [3.63, 3.8) is 0 Å². The number of nitrogens with zero attached hydrogens (tertiary/aromatic N) is 2. The van der Waals surface area contributed by atoms with Crippen molar-refractivity contribution in [2.24, 2.45) is 17.6 Å². The lowest BCUT2D eigenvalue weighted by Crippen LogP contribution is -2.46. The summed E-state index contributed by atoms with van der Waals surface area (Å²) in [4.78, 5) is 7.13. The van der Waals surface area contributed by atoms with Crippen molar-refractivity contribution >= 4 is 5.82 Å².